The Morgan fingerprint density at radius 3 is 2.04 bits per heavy atom. The average molecular weight is 319 g/mol. The molecule has 1 aliphatic rings. The average Bonchev–Trinajstić information content (AvgIpc) is 3.15. The van der Waals surface area contributed by atoms with Crippen molar-refractivity contribution >= 4 is 23.2 Å². The third kappa shape index (κ3) is 2.28. The van der Waals surface area contributed by atoms with Crippen LogP contribution in [0.5, 0.6) is 0 Å². The maximum Gasteiger partial charge on any atom is 0.261 e. The summed E-state index contributed by atoms with van der Waals surface area (Å²) in [4.78, 5) is 27.4. The molecule has 0 spiro atoms. The molecule has 0 atom stereocenters. The summed E-state index contributed by atoms with van der Waals surface area (Å²) in [7, 11) is 0. The van der Waals surface area contributed by atoms with Gasteiger partial charge in [-0.25, -0.2) is 0 Å². The standard InChI is InChI=1S/C19H13NO2S/c21-18-15-8-4-5-9-16(15)19(22)20(18)12-14-10-11-23-17(14)13-6-2-1-3-7-13/h1-11H,12H2. The summed E-state index contributed by atoms with van der Waals surface area (Å²) in [5.41, 5.74) is 3.09. The Morgan fingerprint density at radius 1 is 0.783 bits per heavy atom. The SMILES string of the molecule is O=C1c2ccccc2C(=O)N1Cc1ccsc1-c1ccccc1. The number of nitrogens with zero attached hydrogens (tertiary/aromatic N) is 1. The number of amides is 2. The lowest BCUT2D eigenvalue weighted by Crippen LogP contribution is -2.29. The summed E-state index contributed by atoms with van der Waals surface area (Å²) in [6.07, 6.45) is 0. The molecule has 2 heterocycles. The molecule has 0 bridgehead atoms. The van der Waals surface area contributed by atoms with Gasteiger partial charge in [-0.2, -0.15) is 0 Å². The molecular weight excluding hydrogens is 306 g/mol. The van der Waals surface area contributed by atoms with E-state index in [1.165, 1.54) is 4.90 Å². The minimum Gasteiger partial charge on any atom is -0.270 e. The largest absolute Gasteiger partial charge is 0.270 e. The summed E-state index contributed by atoms with van der Waals surface area (Å²) in [5.74, 6) is -0.424. The second kappa shape index (κ2) is 5.48. The lowest BCUT2D eigenvalue weighted by atomic mass is 10.1. The normalized spacial score (nSPS) is 13.5. The molecule has 1 aromatic heterocycles. The molecule has 2 amide bonds. The van der Waals surface area contributed by atoms with Crippen LogP contribution >= 0.6 is 11.3 Å². The molecular formula is C19H13NO2S. The molecule has 3 nitrogen and oxygen atoms in total. The van der Waals surface area contributed by atoms with Gasteiger partial charge in [-0.3, -0.25) is 14.5 Å². The maximum absolute atomic E-state index is 12.5. The van der Waals surface area contributed by atoms with Crippen LogP contribution in [0.15, 0.2) is 66.0 Å². The van der Waals surface area contributed by atoms with Crippen LogP contribution in [-0.2, 0) is 6.54 Å². The maximum atomic E-state index is 12.5. The van der Waals surface area contributed by atoms with Gasteiger partial charge in [-0.05, 0) is 34.7 Å². The molecule has 0 N–H and O–H groups in total. The number of rotatable bonds is 3. The monoisotopic (exact) mass is 319 g/mol. The van der Waals surface area contributed by atoms with E-state index >= 15 is 0 Å². The van der Waals surface area contributed by atoms with Gasteiger partial charge in [0.15, 0.2) is 0 Å². The number of benzene rings is 2. The van der Waals surface area contributed by atoms with Crippen LogP contribution in [0.1, 0.15) is 26.3 Å². The first-order valence-electron chi connectivity index (χ1n) is 7.33. The van der Waals surface area contributed by atoms with Gasteiger partial charge in [0.2, 0.25) is 0 Å². The van der Waals surface area contributed by atoms with Gasteiger partial charge in [0.1, 0.15) is 0 Å². The van der Waals surface area contributed by atoms with Crippen molar-refractivity contribution in [3.05, 3.63) is 82.7 Å². The molecule has 0 radical (unpaired) electrons. The predicted molar refractivity (Wildman–Crippen MR) is 90.4 cm³/mol. The van der Waals surface area contributed by atoms with Gasteiger partial charge in [0.05, 0.1) is 17.7 Å². The van der Waals surface area contributed by atoms with E-state index in [-0.39, 0.29) is 11.8 Å². The van der Waals surface area contributed by atoms with Crippen LogP contribution in [0, 0.1) is 0 Å². The van der Waals surface area contributed by atoms with Gasteiger partial charge in [0.25, 0.3) is 11.8 Å². The van der Waals surface area contributed by atoms with Gasteiger partial charge >= 0.3 is 0 Å². The van der Waals surface area contributed by atoms with Crippen molar-refractivity contribution in [1.29, 1.82) is 0 Å². The quantitative estimate of drug-likeness (QED) is 0.678. The molecule has 0 aliphatic carbocycles. The molecule has 0 unspecified atom stereocenters. The number of fused-ring (bicyclic) bond motifs is 1. The molecule has 0 saturated carbocycles. The van der Waals surface area contributed by atoms with E-state index in [1.54, 1.807) is 35.6 Å². The van der Waals surface area contributed by atoms with Crippen LogP contribution in [0.25, 0.3) is 10.4 Å². The van der Waals surface area contributed by atoms with Crippen molar-refractivity contribution in [2.75, 3.05) is 0 Å². The zero-order valence-corrected chi connectivity index (χ0v) is 13.0. The molecule has 3 aromatic rings. The molecule has 4 rings (SSSR count). The summed E-state index contributed by atoms with van der Waals surface area (Å²) in [6.45, 7) is 0.306. The van der Waals surface area contributed by atoms with Gasteiger partial charge in [0, 0.05) is 4.88 Å². The second-order valence-electron chi connectivity index (χ2n) is 5.38. The zero-order chi connectivity index (χ0) is 15.8. The van der Waals surface area contributed by atoms with Gasteiger partial charge in [-0.15, -0.1) is 11.3 Å². The number of hydrogen-bond acceptors (Lipinski definition) is 3. The van der Waals surface area contributed by atoms with Crippen LogP contribution in [0.3, 0.4) is 0 Å². The van der Waals surface area contributed by atoms with Crippen LogP contribution in [0.2, 0.25) is 0 Å². The first kappa shape index (κ1) is 13.9. The topological polar surface area (TPSA) is 37.4 Å². The fourth-order valence-electron chi connectivity index (χ4n) is 2.86. The molecule has 0 saturated heterocycles. The van der Waals surface area contributed by atoms with E-state index in [0.29, 0.717) is 17.7 Å². The Balaban J connectivity index is 1.68. The van der Waals surface area contributed by atoms with Crippen molar-refractivity contribution in [1.82, 2.24) is 4.90 Å². The van der Waals surface area contributed by atoms with Crippen LogP contribution < -0.4 is 0 Å². The summed E-state index contributed by atoms with van der Waals surface area (Å²) >= 11 is 1.62. The highest BCUT2D eigenvalue weighted by Gasteiger charge is 2.35. The van der Waals surface area contributed by atoms with Crippen molar-refractivity contribution < 1.29 is 9.59 Å². The first-order chi connectivity index (χ1) is 11.3. The van der Waals surface area contributed by atoms with E-state index in [1.807, 2.05) is 41.8 Å². The zero-order valence-electron chi connectivity index (χ0n) is 12.2. The lowest BCUT2D eigenvalue weighted by molar-refractivity contribution is 0.0643. The lowest BCUT2D eigenvalue weighted by Gasteiger charge is -2.14. The number of carbonyl (C=O) groups is 2. The number of imide groups is 1. The van der Waals surface area contributed by atoms with Gasteiger partial charge < -0.3 is 0 Å². The van der Waals surface area contributed by atoms with Crippen molar-refractivity contribution in [3.8, 4) is 10.4 Å². The second-order valence-corrected chi connectivity index (χ2v) is 6.30. The first-order valence-corrected chi connectivity index (χ1v) is 8.20. The highest BCUT2D eigenvalue weighted by Crippen LogP contribution is 2.32. The predicted octanol–water partition coefficient (Wildman–Crippen LogP) is 4.21. The highest BCUT2D eigenvalue weighted by molar-refractivity contribution is 7.13. The Hall–Kier alpha value is -2.72. The number of hydrogen-bond donors (Lipinski definition) is 0. The third-order valence-corrected chi connectivity index (χ3v) is 5.00. The summed E-state index contributed by atoms with van der Waals surface area (Å²) < 4.78 is 0. The Morgan fingerprint density at radius 2 is 1.39 bits per heavy atom. The van der Waals surface area contributed by atoms with E-state index in [4.69, 9.17) is 0 Å². The molecule has 1 aliphatic heterocycles. The fourth-order valence-corrected chi connectivity index (χ4v) is 3.78. The minimum absolute atomic E-state index is 0.212. The van der Waals surface area contributed by atoms with Crippen molar-refractivity contribution in [3.63, 3.8) is 0 Å². The smallest absolute Gasteiger partial charge is 0.261 e. The van der Waals surface area contributed by atoms with Crippen LogP contribution in [-0.4, -0.2) is 16.7 Å². The Bertz CT molecular complexity index is 863. The van der Waals surface area contributed by atoms with Crippen molar-refractivity contribution in [2.45, 2.75) is 6.54 Å². The number of carbonyl (C=O) groups excluding carboxylic acids is 2. The van der Waals surface area contributed by atoms with E-state index < -0.39 is 0 Å². The molecule has 0 fully saturated rings. The molecule has 112 valence electrons. The number of thiophene rings is 1. The van der Waals surface area contributed by atoms with Crippen molar-refractivity contribution in [2.24, 2.45) is 0 Å². The summed E-state index contributed by atoms with van der Waals surface area (Å²) in [5, 5.41) is 2.00. The van der Waals surface area contributed by atoms with E-state index in [2.05, 4.69) is 0 Å². The minimum atomic E-state index is -0.212. The Labute approximate surface area is 137 Å². The van der Waals surface area contributed by atoms with Gasteiger partial charge in [-0.1, -0.05) is 42.5 Å². The summed E-state index contributed by atoms with van der Waals surface area (Å²) in [6, 6.07) is 19.0. The Kier molecular flexibility index (Phi) is 3.32. The molecule has 23 heavy (non-hydrogen) atoms. The van der Waals surface area contributed by atoms with E-state index in [9.17, 15) is 9.59 Å². The highest BCUT2D eigenvalue weighted by atomic mass is 32.1. The molecule has 2 aromatic carbocycles. The van der Waals surface area contributed by atoms with E-state index in [0.717, 1.165) is 16.0 Å². The van der Waals surface area contributed by atoms with Crippen LogP contribution in [0.4, 0.5) is 0 Å². The fraction of sp³-hybridized carbons (Fsp3) is 0.0526. The molecule has 4 heteroatoms. The third-order valence-electron chi connectivity index (χ3n) is 3.99.